The zero-order valence-electron chi connectivity index (χ0n) is 17.7. The largest absolute Gasteiger partial charge is 0.481 e. The summed E-state index contributed by atoms with van der Waals surface area (Å²) in [6.45, 7) is 6.05. The Hall–Kier alpha value is -1.97. The summed E-state index contributed by atoms with van der Waals surface area (Å²) in [5.41, 5.74) is -0.478. The van der Waals surface area contributed by atoms with Gasteiger partial charge in [-0.1, -0.05) is 30.3 Å². The first-order valence-corrected chi connectivity index (χ1v) is 10.7. The highest BCUT2D eigenvalue weighted by Gasteiger charge is 2.36. The minimum absolute atomic E-state index is 0.252. The number of hydroxylamine groups is 2. The molecule has 0 saturated heterocycles. The van der Waals surface area contributed by atoms with E-state index in [9.17, 15) is 14.7 Å². The first-order valence-electron chi connectivity index (χ1n) is 9.65. The van der Waals surface area contributed by atoms with Gasteiger partial charge in [-0.25, -0.2) is 4.79 Å². The molecule has 0 amide bonds. The van der Waals surface area contributed by atoms with Crippen LogP contribution in [-0.4, -0.2) is 47.9 Å². The number of benzene rings is 2. The third-order valence-electron chi connectivity index (χ3n) is 4.88. The van der Waals surface area contributed by atoms with Gasteiger partial charge in [0.1, 0.15) is 0 Å². The highest BCUT2D eigenvalue weighted by atomic mass is 127. The van der Waals surface area contributed by atoms with Gasteiger partial charge in [-0.3, -0.25) is 4.79 Å². The van der Waals surface area contributed by atoms with Crippen molar-refractivity contribution in [3.05, 3.63) is 69.3 Å². The van der Waals surface area contributed by atoms with Gasteiger partial charge in [0.25, 0.3) is 0 Å². The van der Waals surface area contributed by atoms with Crippen molar-refractivity contribution >= 4 is 34.5 Å². The minimum atomic E-state index is -1.05. The van der Waals surface area contributed by atoms with E-state index >= 15 is 0 Å². The predicted molar refractivity (Wildman–Crippen MR) is 123 cm³/mol. The van der Waals surface area contributed by atoms with Gasteiger partial charge in [0.15, 0.2) is 0 Å². The van der Waals surface area contributed by atoms with Crippen LogP contribution < -0.4 is 0 Å². The summed E-state index contributed by atoms with van der Waals surface area (Å²) in [5.74, 6) is -1.33. The molecule has 2 aromatic rings. The lowest BCUT2D eigenvalue weighted by Crippen LogP contribution is -2.41. The number of hydrogen-bond acceptors (Lipinski definition) is 5. The zero-order chi connectivity index (χ0) is 22.4. The Kier molecular flexibility index (Phi) is 8.40. The van der Waals surface area contributed by atoms with Crippen LogP contribution in [0.2, 0.25) is 0 Å². The van der Waals surface area contributed by atoms with Gasteiger partial charge in [-0.2, -0.15) is 0 Å². The third-order valence-corrected chi connectivity index (χ3v) is 5.55. The SMILES string of the molecule is CN(CC(C)(C)OCCC(C)(C(=O)O)c1cccc(I)c1)OC(=O)c1ccccc1. The van der Waals surface area contributed by atoms with Gasteiger partial charge in [-0.05, 0) is 79.6 Å². The van der Waals surface area contributed by atoms with E-state index in [1.54, 1.807) is 38.2 Å². The molecule has 7 heteroatoms. The summed E-state index contributed by atoms with van der Waals surface area (Å²) in [5, 5.41) is 11.3. The number of nitrogens with zero attached hydrogens (tertiary/aromatic N) is 1. The van der Waals surface area contributed by atoms with Crippen molar-refractivity contribution in [2.75, 3.05) is 20.2 Å². The van der Waals surface area contributed by atoms with Crippen molar-refractivity contribution in [3.63, 3.8) is 0 Å². The quantitative estimate of drug-likeness (QED) is 0.363. The Morgan fingerprint density at radius 3 is 2.33 bits per heavy atom. The van der Waals surface area contributed by atoms with E-state index in [4.69, 9.17) is 9.57 Å². The maximum absolute atomic E-state index is 12.2. The molecular formula is C23H28INO5. The van der Waals surface area contributed by atoms with Crippen LogP contribution in [0.5, 0.6) is 0 Å². The van der Waals surface area contributed by atoms with E-state index in [0.717, 1.165) is 9.13 Å². The van der Waals surface area contributed by atoms with Crippen LogP contribution >= 0.6 is 22.6 Å². The molecule has 0 aliphatic heterocycles. The van der Waals surface area contributed by atoms with Crippen molar-refractivity contribution in [1.29, 1.82) is 0 Å². The minimum Gasteiger partial charge on any atom is -0.481 e. The molecule has 0 heterocycles. The van der Waals surface area contributed by atoms with Gasteiger partial charge in [-0.15, -0.1) is 5.06 Å². The fraction of sp³-hybridized carbons (Fsp3) is 0.391. The second kappa shape index (κ2) is 10.4. The molecule has 0 spiro atoms. The van der Waals surface area contributed by atoms with Gasteiger partial charge >= 0.3 is 11.9 Å². The molecule has 30 heavy (non-hydrogen) atoms. The van der Waals surface area contributed by atoms with Crippen LogP contribution in [0.15, 0.2) is 54.6 Å². The van der Waals surface area contributed by atoms with E-state index in [2.05, 4.69) is 22.6 Å². The highest BCUT2D eigenvalue weighted by Crippen LogP contribution is 2.30. The van der Waals surface area contributed by atoms with E-state index in [1.165, 1.54) is 5.06 Å². The summed E-state index contributed by atoms with van der Waals surface area (Å²) >= 11 is 2.17. The zero-order valence-corrected chi connectivity index (χ0v) is 19.9. The molecule has 0 aliphatic rings. The number of aliphatic carboxylic acids is 1. The molecule has 2 rings (SSSR count). The Morgan fingerprint density at radius 1 is 1.07 bits per heavy atom. The second-order valence-corrected chi connectivity index (χ2v) is 9.28. The molecule has 1 atom stereocenters. The van der Waals surface area contributed by atoms with Crippen LogP contribution in [0.25, 0.3) is 0 Å². The molecule has 0 fully saturated rings. The molecule has 0 aromatic heterocycles. The van der Waals surface area contributed by atoms with Crippen molar-refractivity contribution < 1.29 is 24.3 Å². The summed E-state index contributed by atoms with van der Waals surface area (Å²) < 4.78 is 6.97. The molecule has 0 bridgehead atoms. The van der Waals surface area contributed by atoms with Crippen molar-refractivity contribution in [3.8, 4) is 0 Å². The Labute approximate surface area is 191 Å². The Balaban J connectivity index is 1.93. The van der Waals surface area contributed by atoms with Gasteiger partial charge in [0, 0.05) is 17.2 Å². The number of hydrogen-bond donors (Lipinski definition) is 1. The maximum Gasteiger partial charge on any atom is 0.357 e. The molecule has 0 aliphatic carbocycles. The number of halogens is 1. The normalized spacial score (nSPS) is 13.7. The molecule has 1 unspecified atom stereocenters. The number of carbonyl (C=O) groups is 2. The Bertz CT molecular complexity index is 871. The van der Waals surface area contributed by atoms with Crippen LogP contribution in [0.1, 0.15) is 43.1 Å². The number of carboxylic acids is 1. The van der Waals surface area contributed by atoms with Crippen LogP contribution in [0.4, 0.5) is 0 Å². The van der Waals surface area contributed by atoms with Gasteiger partial charge in [0.05, 0.1) is 23.1 Å². The monoisotopic (exact) mass is 525 g/mol. The lowest BCUT2D eigenvalue weighted by molar-refractivity contribution is -0.149. The topological polar surface area (TPSA) is 76.1 Å². The predicted octanol–water partition coefficient (Wildman–Crippen LogP) is 4.52. The molecule has 1 N–H and O–H groups in total. The fourth-order valence-corrected chi connectivity index (χ4v) is 3.66. The molecule has 6 nitrogen and oxygen atoms in total. The summed E-state index contributed by atoms with van der Waals surface area (Å²) in [6.07, 6.45) is 0.319. The summed E-state index contributed by atoms with van der Waals surface area (Å²) in [6, 6.07) is 16.3. The number of rotatable bonds is 10. The third kappa shape index (κ3) is 6.78. The van der Waals surface area contributed by atoms with Crippen LogP contribution in [-0.2, 0) is 19.8 Å². The van der Waals surface area contributed by atoms with E-state index in [0.29, 0.717) is 18.5 Å². The van der Waals surface area contributed by atoms with Crippen LogP contribution in [0.3, 0.4) is 0 Å². The number of likely N-dealkylation sites (N-methyl/N-ethyl adjacent to an activating group) is 1. The number of carboxylic acid groups (broad SMARTS) is 1. The standard InChI is InChI=1S/C23H28INO5/c1-22(2,16-25(4)30-20(26)17-9-6-5-7-10-17)29-14-13-23(3,21(27)28)18-11-8-12-19(24)15-18/h5-12,15H,13-14,16H2,1-4H3,(H,27,28). The lowest BCUT2D eigenvalue weighted by Gasteiger charge is -2.32. The maximum atomic E-state index is 12.2. The lowest BCUT2D eigenvalue weighted by atomic mass is 9.80. The van der Waals surface area contributed by atoms with Crippen molar-refractivity contribution in [2.24, 2.45) is 0 Å². The average molecular weight is 525 g/mol. The molecule has 0 saturated carbocycles. The Morgan fingerprint density at radius 2 is 1.73 bits per heavy atom. The fourth-order valence-electron chi connectivity index (χ4n) is 3.12. The van der Waals surface area contributed by atoms with Gasteiger partial charge in [0.2, 0.25) is 0 Å². The molecular weight excluding hydrogens is 497 g/mol. The molecule has 2 aromatic carbocycles. The first kappa shape index (κ1) is 24.3. The molecule has 0 radical (unpaired) electrons. The number of carbonyl (C=O) groups excluding carboxylic acids is 1. The van der Waals surface area contributed by atoms with Gasteiger partial charge < -0.3 is 14.7 Å². The van der Waals surface area contributed by atoms with Crippen molar-refractivity contribution in [2.45, 2.75) is 38.2 Å². The van der Waals surface area contributed by atoms with E-state index in [1.807, 2.05) is 44.2 Å². The van der Waals surface area contributed by atoms with E-state index in [-0.39, 0.29) is 6.61 Å². The summed E-state index contributed by atoms with van der Waals surface area (Å²) in [7, 11) is 1.67. The van der Waals surface area contributed by atoms with Crippen LogP contribution in [0, 0.1) is 3.57 Å². The smallest absolute Gasteiger partial charge is 0.357 e. The second-order valence-electron chi connectivity index (χ2n) is 8.04. The van der Waals surface area contributed by atoms with E-state index < -0.39 is 23.0 Å². The summed E-state index contributed by atoms with van der Waals surface area (Å²) in [4.78, 5) is 29.5. The average Bonchev–Trinajstić information content (AvgIpc) is 2.67. The molecule has 162 valence electrons. The highest BCUT2D eigenvalue weighted by molar-refractivity contribution is 14.1. The first-order chi connectivity index (χ1) is 14.0. The van der Waals surface area contributed by atoms with Crippen molar-refractivity contribution in [1.82, 2.24) is 5.06 Å². The number of ether oxygens (including phenoxy) is 1.